The molecule has 1 aromatic carbocycles. The van der Waals surface area contributed by atoms with E-state index in [4.69, 9.17) is 27.6 Å². The van der Waals surface area contributed by atoms with Gasteiger partial charge < -0.3 is 19.7 Å². The van der Waals surface area contributed by atoms with E-state index in [-0.39, 0.29) is 67.6 Å². The van der Waals surface area contributed by atoms with Crippen LogP contribution in [0, 0.1) is 5.21 Å². The van der Waals surface area contributed by atoms with Crippen molar-refractivity contribution in [3.63, 3.8) is 0 Å². The summed E-state index contributed by atoms with van der Waals surface area (Å²) < 4.78 is 36.0. The average molecular weight is 463 g/mol. The molecule has 3 aromatic heterocycles. The fourth-order valence-corrected chi connectivity index (χ4v) is 3.42. The molecule has 0 radical (unpaired) electrons. The number of amides is 1. The van der Waals surface area contributed by atoms with Gasteiger partial charge in [0.2, 0.25) is 12.4 Å². The Balaban J connectivity index is 0.00000256. The minimum atomic E-state index is -3.08. The molecule has 12 heteroatoms. The molecule has 0 aliphatic rings. The van der Waals surface area contributed by atoms with Crippen molar-refractivity contribution in [2.24, 2.45) is 0 Å². The third kappa shape index (κ3) is 4.17. The smallest absolute Gasteiger partial charge is 0.619 e. The number of pyridine rings is 2. The van der Waals surface area contributed by atoms with Gasteiger partial charge in [0.25, 0.3) is 5.91 Å². The molecule has 1 N–H and O–H groups in total. The van der Waals surface area contributed by atoms with Gasteiger partial charge in [-0.25, -0.2) is 0 Å². The number of aromatic nitrogens is 2. The first-order chi connectivity index (χ1) is 13.8. The van der Waals surface area contributed by atoms with Crippen molar-refractivity contribution in [2.75, 3.05) is 5.32 Å². The Morgan fingerprint density at radius 2 is 1.93 bits per heavy atom. The van der Waals surface area contributed by atoms with E-state index in [1.54, 1.807) is 0 Å². The summed E-state index contributed by atoms with van der Waals surface area (Å²) >= 11 is 12.0. The molecule has 0 atom stereocenters. The number of carbonyl (C=O) groups is 1. The van der Waals surface area contributed by atoms with Gasteiger partial charge in [-0.05, 0) is 18.2 Å². The number of alkyl halides is 2. The van der Waals surface area contributed by atoms with Gasteiger partial charge in [0.15, 0.2) is 11.3 Å². The zero-order chi connectivity index (χ0) is 20.7. The SMILES string of the molecule is O=C(Nc1c(Cl)c[n+]([O-])cc1Cl)c1ccc(OC(F)F)c2oc3ccncc3c12.[Na+]. The van der Waals surface area contributed by atoms with Gasteiger partial charge in [-0.2, -0.15) is 13.5 Å². The zero-order valence-electron chi connectivity index (χ0n) is 15.2. The van der Waals surface area contributed by atoms with Gasteiger partial charge in [-0.1, -0.05) is 23.2 Å². The Morgan fingerprint density at radius 3 is 2.60 bits per heavy atom. The van der Waals surface area contributed by atoms with Crippen LogP contribution in [0.15, 0.2) is 47.4 Å². The van der Waals surface area contributed by atoms with Gasteiger partial charge in [0.05, 0.1) is 11.3 Å². The Labute approximate surface area is 199 Å². The van der Waals surface area contributed by atoms with Crippen LogP contribution in [-0.4, -0.2) is 17.5 Å². The molecule has 0 aliphatic heterocycles. The normalized spacial score (nSPS) is 11.0. The minimum absolute atomic E-state index is 0. The Hall–Kier alpha value is -2.17. The number of anilines is 1. The largest absolute Gasteiger partial charge is 1.00 e. The summed E-state index contributed by atoms with van der Waals surface area (Å²) in [6.45, 7) is -3.08. The molecule has 3 heterocycles. The first-order valence-corrected chi connectivity index (χ1v) is 8.74. The summed E-state index contributed by atoms with van der Waals surface area (Å²) in [6.07, 6.45) is 4.94. The average Bonchev–Trinajstić information content (AvgIpc) is 3.04. The number of fused-ring (bicyclic) bond motifs is 3. The topological polar surface area (TPSA) is 91.3 Å². The van der Waals surface area contributed by atoms with E-state index >= 15 is 0 Å². The summed E-state index contributed by atoms with van der Waals surface area (Å²) in [5.41, 5.74) is 0.401. The van der Waals surface area contributed by atoms with Crippen molar-refractivity contribution in [2.45, 2.75) is 6.61 Å². The number of halogens is 4. The van der Waals surface area contributed by atoms with Crippen LogP contribution in [0.3, 0.4) is 0 Å². The van der Waals surface area contributed by atoms with Crippen LogP contribution in [0.5, 0.6) is 5.75 Å². The summed E-state index contributed by atoms with van der Waals surface area (Å²) in [5.74, 6) is -0.886. The third-order valence-corrected chi connectivity index (χ3v) is 4.62. The van der Waals surface area contributed by atoms with Crippen molar-refractivity contribution < 1.29 is 57.0 Å². The fourth-order valence-electron chi connectivity index (χ4n) is 2.88. The molecule has 148 valence electrons. The number of hydrogen-bond donors (Lipinski definition) is 1. The second kappa shape index (κ2) is 8.91. The standard InChI is InChI=1S/C18H9Cl2F2N3O4.Na/c19-10-6-25(27)7-11(20)15(10)24-17(26)8-1-2-13(29-18(21)22)16-14(8)9-5-23-4-3-12(9)28-16;/h1-7,18H,(H,24,26);/q;+1. The van der Waals surface area contributed by atoms with Gasteiger partial charge in [0.1, 0.15) is 15.6 Å². The molecule has 4 aromatic rings. The molecule has 0 aliphatic carbocycles. The van der Waals surface area contributed by atoms with Crippen molar-refractivity contribution in [3.05, 3.63) is 63.8 Å². The maximum absolute atomic E-state index is 12.9. The monoisotopic (exact) mass is 462 g/mol. The Kier molecular flexibility index (Phi) is 6.68. The number of benzene rings is 1. The maximum atomic E-state index is 12.9. The molecular weight excluding hydrogens is 454 g/mol. The molecule has 0 saturated carbocycles. The number of carbonyl (C=O) groups excluding carboxylic acids is 1. The van der Waals surface area contributed by atoms with E-state index in [1.807, 2.05) is 0 Å². The summed E-state index contributed by atoms with van der Waals surface area (Å²) in [4.78, 5) is 16.9. The molecule has 1 amide bonds. The van der Waals surface area contributed by atoms with Crippen LogP contribution in [0.25, 0.3) is 21.9 Å². The number of furan rings is 1. The van der Waals surface area contributed by atoms with Crippen molar-refractivity contribution in [3.8, 4) is 5.75 Å². The van der Waals surface area contributed by atoms with Crippen LogP contribution in [0.4, 0.5) is 14.5 Å². The fraction of sp³-hybridized carbons (Fsp3) is 0.0556. The number of rotatable bonds is 4. The molecule has 30 heavy (non-hydrogen) atoms. The van der Waals surface area contributed by atoms with Crippen LogP contribution >= 0.6 is 23.2 Å². The molecule has 0 saturated heterocycles. The molecule has 0 spiro atoms. The number of ether oxygens (including phenoxy) is 1. The van der Waals surface area contributed by atoms with Crippen LogP contribution in [0.2, 0.25) is 10.0 Å². The molecule has 0 bridgehead atoms. The summed E-state index contributed by atoms with van der Waals surface area (Å²) in [5, 5.41) is 14.4. The Morgan fingerprint density at radius 1 is 1.23 bits per heavy atom. The molecule has 0 unspecified atom stereocenters. The predicted octanol–water partition coefficient (Wildman–Crippen LogP) is 1.78. The number of hydrogen-bond acceptors (Lipinski definition) is 5. The molecule has 7 nitrogen and oxygen atoms in total. The van der Waals surface area contributed by atoms with E-state index in [9.17, 15) is 18.8 Å². The zero-order valence-corrected chi connectivity index (χ0v) is 18.7. The van der Waals surface area contributed by atoms with Gasteiger partial charge in [-0.3, -0.25) is 9.78 Å². The summed E-state index contributed by atoms with van der Waals surface area (Å²) in [7, 11) is 0. The van der Waals surface area contributed by atoms with Crippen LogP contribution in [0.1, 0.15) is 10.4 Å². The van der Waals surface area contributed by atoms with E-state index in [1.165, 1.54) is 30.6 Å². The second-order valence-corrected chi connectivity index (χ2v) is 6.63. The van der Waals surface area contributed by atoms with Gasteiger partial charge in [-0.15, -0.1) is 0 Å². The predicted molar refractivity (Wildman–Crippen MR) is 102 cm³/mol. The summed E-state index contributed by atoms with van der Waals surface area (Å²) in [6, 6.07) is 4.02. The number of nitrogens with one attached hydrogen (secondary N) is 1. The van der Waals surface area contributed by atoms with Crippen molar-refractivity contribution >= 4 is 56.7 Å². The third-order valence-electron chi connectivity index (χ3n) is 4.04. The first kappa shape index (κ1) is 22.5. The maximum Gasteiger partial charge on any atom is 1.00 e. The van der Waals surface area contributed by atoms with Crippen molar-refractivity contribution in [1.82, 2.24) is 4.98 Å². The molecule has 0 fully saturated rings. The van der Waals surface area contributed by atoms with E-state index in [2.05, 4.69) is 15.0 Å². The number of nitrogens with zero attached hydrogens (tertiary/aromatic N) is 2. The minimum Gasteiger partial charge on any atom is -0.619 e. The van der Waals surface area contributed by atoms with Crippen LogP contribution < -0.4 is 44.3 Å². The van der Waals surface area contributed by atoms with E-state index < -0.39 is 12.5 Å². The molecular formula is C18H9Cl2F2N3NaO4+. The van der Waals surface area contributed by atoms with E-state index in [0.29, 0.717) is 15.7 Å². The Bertz CT molecular complexity index is 1250. The first-order valence-electron chi connectivity index (χ1n) is 7.98. The van der Waals surface area contributed by atoms with Gasteiger partial charge >= 0.3 is 36.2 Å². The quantitative estimate of drug-likeness (QED) is 0.283. The molecule has 4 rings (SSSR count). The second-order valence-electron chi connectivity index (χ2n) is 5.81. The van der Waals surface area contributed by atoms with Crippen molar-refractivity contribution in [1.29, 1.82) is 0 Å². The van der Waals surface area contributed by atoms with Gasteiger partial charge in [0, 0.05) is 23.2 Å². The van der Waals surface area contributed by atoms with E-state index in [0.717, 1.165) is 12.4 Å². The van der Waals surface area contributed by atoms with Crippen LogP contribution in [-0.2, 0) is 0 Å².